The number of rotatable bonds is 1. The van der Waals surface area contributed by atoms with E-state index in [0.717, 1.165) is 0 Å². The zero-order valence-electron chi connectivity index (χ0n) is 4.96. The fourth-order valence-corrected chi connectivity index (χ4v) is 0.502. The smallest absolute Gasteiger partial charge is 0.291 e. The number of hydrogen-bond acceptors (Lipinski definition) is 4. The molecule has 0 aliphatic carbocycles. The summed E-state index contributed by atoms with van der Waals surface area (Å²) < 4.78 is 0. The molecule has 2 N–H and O–H groups in total. The van der Waals surface area contributed by atoms with E-state index >= 15 is 0 Å². The van der Waals surface area contributed by atoms with Crippen LogP contribution in [0.2, 0.25) is 0 Å². The van der Waals surface area contributed by atoms with Gasteiger partial charge in [0.2, 0.25) is 0 Å². The van der Waals surface area contributed by atoms with Crippen molar-refractivity contribution in [3.05, 3.63) is 22.7 Å². The molecule has 0 aliphatic heterocycles. The molecule has 5 nitrogen and oxygen atoms in total. The summed E-state index contributed by atoms with van der Waals surface area (Å²) in [5, 5.41) is 10.4. The molecule has 0 unspecified atom stereocenters. The molecule has 1 rings (SSSR count). The van der Waals surface area contributed by atoms with Crippen molar-refractivity contribution in [2.24, 2.45) is 0 Å². The van der Waals surface area contributed by atoms with Gasteiger partial charge in [0.25, 0.3) is 0 Å². The maximum absolute atomic E-state index is 10.4. The molecule has 0 radical (unpaired) electrons. The Morgan fingerprint density at radius 3 is 3.20 bits per heavy atom. The van der Waals surface area contributed by atoms with Crippen LogP contribution in [-0.4, -0.2) is 9.97 Å². The Kier molecular flexibility index (Phi) is 1.66. The highest BCUT2D eigenvalue weighted by Crippen LogP contribution is 1.91. The summed E-state index contributed by atoms with van der Waals surface area (Å²) in [6.07, 6.45) is 2.98. The summed E-state index contributed by atoms with van der Waals surface area (Å²) in [6.45, 7) is 0. The molecule has 1 aromatic heterocycles. The Morgan fingerprint density at radius 2 is 2.60 bits per heavy atom. The Hall–Kier alpha value is -1.83. The van der Waals surface area contributed by atoms with Crippen LogP contribution < -0.4 is 11.0 Å². The third-order valence-corrected chi connectivity index (χ3v) is 0.865. The van der Waals surface area contributed by atoms with Crippen molar-refractivity contribution < 1.29 is 0 Å². The second-order valence-electron chi connectivity index (χ2n) is 1.53. The van der Waals surface area contributed by atoms with Gasteiger partial charge in [-0.3, -0.25) is 10.3 Å². The molecular formula is C5H4N4O. The van der Waals surface area contributed by atoms with Crippen molar-refractivity contribution in [1.82, 2.24) is 9.97 Å². The molecule has 0 saturated carbocycles. The van der Waals surface area contributed by atoms with Gasteiger partial charge in [-0.2, -0.15) is 5.26 Å². The predicted octanol–water partition coefficient (Wildman–Crippen LogP) is -0.337. The van der Waals surface area contributed by atoms with Gasteiger partial charge in [-0.15, -0.1) is 0 Å². The van der Waals surface area contributed by atoms with E-state index in [9.17, 15) is 4.79 Å². The topological polar surface area (TPSA) is 81.6 Å². The minimum atomic E-state index is -0.472. The van der Waals surface area contributed by atoms with E-state index in [2.05, 4.69) is 15.3 Å². The minimum Gasteiger partial charge on any atom is -0.291 e. The number of anilines is 1. The lowest BCUT2D eigenvalue weighted by Gasteiger charge is -1.91. The van der Waals surface area contributed by atoms with Gasteiger partial charge in [-0.05, 0) is 6.07 Å². The number of H-pyrrole nitrogens is 1. The molecule has 0 spiro atoms. The Bertz CT molecular complexity index is 310. The Morgan fingerprint density at radius 1 is 1.80 bits per heavy atom. The quantitative estimate of drug-likeness (QED) is 0.409. The van der Waals surface area contributed by atoms with Crippen LogP contribution in [-0.2, 0) is 0 Å². The molecule has 5 heteroatoms. The SMILES string of the molecule is N#CNc1ccnc(=O)[nH]1. The highest BCUT2D eigenvalue weighted by atomic mass is 16.1. The van der Waals surface area contributed by atoms with Crippen molar-refractivity contribution in [1.29, 1.82) is 5.26 Å². The molecular weight excluding hydrogens is 132 g/mol. The van der Waals surface area contributed by atoms with Crippen molar-refractivity contribution in [3.8, 4) is 6.19 Å². The molecule has 50 valence electrons. The van der Waals surface area contributed by atoms with Crippen molar-refractivity contribution in [3.63, 3.8) is 0 Å². The van der Waals surface area contributed by atoms with Gasteiger partial charge < -0.3 is 0 Å². The molecule has 1 heterocycles. The fourth-order valence-electron chi connectivity index (χ4n) is 0.502. The Labute approximate surface area is 56.3 Å². The second kappa shape index (κ2) is 2.64. The number of nitriles is 1. The highest BCUT2D eigenvalue weighted by Gasteiger charge is 1.87. The summed E-state index contributed by atoms with van der Waals surface area (Å²) in [5.41, 5.74) is -0.472. The average molecular weight is 136 g/mol. The van der Waals surface area contributed by atoms with Gasteiger partial charge in [0, 0.05) is 6.20 Å². The summed E-state index contributed by atoms with van der Waals surface area (Å²) in [4.78, 5) is 16.1. The van der Waals surface area contributed by atoms with Crippen molar-refractivity contribution in [2.45, 2.75) is 0 Å². The van der Waals surface area contributed by atoms with E-state index in [-0.39, 0.29) is 0 Å². The van der Waals surface area contributed by atoms with Gasteiger partial charge in [0.1, 0.15) is 5.82 Å². The first-order valence-electron chi connectivity index (χ1n) is 2.53. The first kappa shape index (κ1) is 6.29. The third kappa shape index (κ3) is 1.32. The predicted molar refractivity (Wildman–Crippen MR) is 34.1 cm³/mol. The highest BCUT2D eigenvalue weighted by molar-refractivity contribution is 5.35. The van der Waals surface area contributed by atoms with E-state index < -0.39 is 5.69 Å². The number of hydrogen-bond donors (Lipinski definition) is 2. The number of aromatic amines is 1. The molecule has 0 atom stereocenters. The largest absolute Gasteiger partial charge is 0.346 e. The van der Waals surface area contributed by atoms with Crippen molar-refractivity contribution >= 4 is 5.82 Å². The second-order valence-corrected chi connectivity index (χ2v) is 1.53. The standard InChI is InChI=1S/C5H4N4O/c6-3-8-4-1-2-7-5(10)9-4/h1-2H,(H2,7,8,9,10). The normalized spacial score (nSPS) is 8.30. The van der Waals surface area contributed by atoms with Crippen LogP contribution in [0.4, 0.5) is 5.82 Å². The van der Waals surface area contributed by atoms with E-state index in [1.807, 2.05) is 0 Å². The van der Waals surface area contributed by atoms with Crippen LogP contribution in [0.15, 0.2) is 17.1 Å². The molecule has 0 aliphatic rings. The van der Waals surface area contributed by atoms with E-state index in [1.54, 1.807) is 6.19 Å². The molecule has 0 aromatic carbocycles. The zero-order valence-corrected chi connectivity index (χ0v) is 4.96. The summed E-state index contributed by atoms with van der Waals surface area (Å²) >= 11 is 0. The first-order chi connectivity index (χ1) is 4.83. The van der Waals surface area contributed by atoms with Crippen LogP contribution in [0.5, 0.6) is 0 Å². The zero-order chi connectivity index (χ0) is 7.40. The number of nitrogens with one attached hydrogen (secondary N) is 2. The van der Waals surface area contributed by atoms with Crippen LogP contribution in [0.25, 0.3) is 0 Å². The lowest BCUT2D eigenvalue weighted by Crippen LogP contribution is -2.10. The van der Waals surface area contributed by atoms with Gasteiger partial charge in [0.15, 0.2) is 6.19 Å². The first-order valence-corrected chi connectivity index (χ1v) is 2.53. The van der Waals surface area contributed by atoms with Crippen molar-refractivity contribution in [2.75, 3.05) is 5.32 Å². The van der Waals surface area contributed by atoms with E-state index in [0.29, 0.717) is 5.82 Å². The minimum absolute atomic E-state index is 0.350. The molecule has 1 aromatic rings. The lowest BCUT2D eigenvalue weighted by molar-refractivity contribution is 1.08. The summed E-state index contributed by atoms with van der Waals surface area (Å²) in [6, 6.07) is 1.49. The van der Waals surface area contributed by atoms with Gasteiger partial charge in [-0.25, -0.2) is 9.78 Å². The van der Waals surface area contributed by atoms with E-state index in [4.69, 9.17) is 5.26 Å². The van der Waals surface area contributed by atoms with Gasteiger partial charge >= 0.3 is 5.69 Å². The van der Waals surface area contributed by atoms with Crippen LogP contribution >= 0.6 is 0 Å². The Balaban J connectivity index is 2.98. The van der Waals surface area contributed by atoms with Crippen LogP contribution in [0.3, 0.4) is 0 Å². The number of nitrogens with zero attached hydrogens (tertiary/aromatic N) is 2. The van der Waals surface area contributed by atoms with Gasteiger partial charge in [0.05, 0.1) is 0 Å². The maximum Gasteiger partial charge on any atom is 0.346 e. The molecule has 0 fully saturated rings. The molecule has 0 amide bonds. The summed E-state index contributed by atoms with van der Waals surface area (Å²) in [5.74, 6) is 0.350. The van der Waals surface area contributed by atoms with Crippen LogP contribution in [0, 0.1) is 11.5 Å². The third-order valence-electron chi connectivity index (χ3n) is 0.865. The number of aromatic nitrogens is 2. The summed E-state index contributed by atoms with van der Waals surface area (Å²) in [7, 11) is 0. The van der Waals surface area contributed by atoms with Gasteiger partial charge in [-0.1, -0.05) is 0 Å². The molecule has 0 bridgehead atoms. The van der Waals surface area contributed by atoms with Crippen LogP contribution in [0.1, 0.15) is 0 Å². The average Bonchev–Trinajstić information content (AvgIpc) is 1.88. The van der Waals surface area contributed by atoms with E-state index in [1.165, 1.54) is 12.3 Å². The molecule has 0 saturated heterocycles. The maximum atomic E-state index is 10.4. The molecule has 10 heavy (non-hydrogen) atoms. The monoisotopic (exact) mass is 136 g/mol. The lowest BCUT2D eigenvalue weighted by atomic mass is 10.6. The fraction of sp³-hybridized carbons (Fsp3) is 0.